The molecule has 0 spiro atoms. The SMILES string of the molecule is Cc1nc(CNC(=O)Cc2cncc(O)c2)ccc1C(C)O. The van der Waals surface area contributed by atoms with E-state index in [9.17, 15) is 15.0 Å². The first-order chi connectivity index (χ1) is 10.5. The van der Waals surface area contributed by atoms with Crippen molar-refractivity contribution in [2.45, 2.75) is 32.9 Å². The second-order valence-corrected chi connectivity index (χ2v) is 5.16. The van der Waals surface area contributed by atoms with E-state index in [-0.39, 0.29) is 18.1 Å². The number of hydrogen-bond acceptors (Lipinski definition) is 5. The lowest BCUT2D eigenvalue weighted by Crippen LogP contribution is -2.25. The van der Waals surface area contributed by atoms with Crippen molar-refractivity contribution in [3.05, 3.63) is 53.1 Å². The number of rotatable bonds is 5. The maximum atomic E-state index is 11.9. The number of aryl methyl sites for hydroxylation is 1. The lowest BCUT2D eigenvalue weighted by Gasteiger charge is -2.10. The van der Waals surface area contributed by atoms with E-state index in [1.807, 2.05) is 13.0 Å². The van der Waals surface area contributed by atoms with E-state index in [0.717, 1.165) is 17.0 Å². The molecule has 3 N–H and O–H groups in total. The van der Waals surface area contributed by atoms with Crippen molar-refractivity contribution in [1.82, 2.24) is 15.3 Å². The van der Waals surface area contributed by atoms with E-state index in [2.05, 4.69) is 15.3 Å². The van der Waals surface area contributed by atoms with Crippen LogP contribution in [0.5, 0.6) is 5.75 Å². The molecule has 2 aromatic heterocycles. The zero-order valence-electron chi connectivity index (χ0n) is 12.6. The van der Waals surface area contributed by atoms with Crippen molar-refractivity contribution < 1.29 is 15.0 Å². The van der Waals surface area contributed by atoms with Gasteiger partial charge in [0.25, 0.3) is 0 Å². The molecule has 2 heterocycles. The van der Waals surface area contributed by atoms with Gasteiger partial charge in [0, 0.05) is 17.5 Å². The maximum Gasteiger partial charge on any atom is 0.224 e. The minimum Gasteiger partial charge on any atom is -0.506 e. The molecular weight excluding hydrogens is 282 g/mol. The van der Waals surface area contributed by atoms with Crippen LogP contribution in [-0.2, 0) is 17.8 Å². The highest BCUT2D eigenvalue weighted by molar-refractivity contribution is 5.78. The molecular formula is C16H19N3O3. The fourth-order valence-corrected chi connectivity index (χ4v) is 2.17. The summed E-state index contributed by atoms with van der Waals surface area (Å²) < 4.78 is 0. The first-order valence-electron chi connectivity index (χ1n) is 7.00. The number of aromatic hydroxyl groups is 1. The number of carbonyl (C=O) groups is 1. The Kier molecular flexibility index (Phi) is 5.06. The summed E-state index contributed by atoms with van der Waals surface area (Å²) in [5.74, 6) is -0.136. The summed E-state index contributed by atoms with van der Waals surface area (Å²) in [6.45, 7) is 3.83. The van der Waals surface area contributed by atoms with Crippen molar-refractivity contribution in [2.24, 2.45) is 0 Å². The van der Waals surface area contributed by atoms with Crippen LogP contribution in [0.2, 0.25) is 0 Å². The summed E-state index contributed by atoms with van der Waals surface area (Å²) in [4.78, 5) is 20.1. The van der Waals surface area contributed by atoms with Gasteiger partial charge in [-0.1, -0.05) is 6.07 Å². The number of hydrogen-bond donors (Lipinski definition) is 3. The zero-order chi connectivity index (χ0) is 16.1. The topological polar surface area (TPSA) is 95.3 Å². The summed E-state index contributed by atoms with van der Waals surface area (Å²) in [6.07, 6.45) is 2.44. The Bertz CT molecular complexity index is 671. The molecule has 22 heavy (non-hydrogen) atoms. The van der Waals surface area contributed by atoms with E-state index in [4.69, 9.17) is 0 Å². The van der Waals surface area contributed by atoms with Gasteiger partial charge in [0.1, 0.15) is 5.75 Å². The second kappa shape index (κ2) is 7.00. The van der Waals surface area contributed by atoms with Crippen LogP contribution in [0.4, 0.5) is 0 Å². The Hall–Kier alpha value is -2.47. The number of carbonyl (C=O) groups excluding carboxylic acids is 1. The molecule has 1 unspecified atom stereocenters. The van der Waals surface area contributed by atoms with Crippen molar-refractivity contribution in [3.8, 4) is 5.75 Å². The predicted molar refractivity (Wildman–Crippen MR) is 81.1 cm³/mol. The van der Waals surface area contributed by atoms with Crippen molar-refractivity contribution in [2.75, 3.05) is 0 Å². The minimum atomic E-state index is -0.561. The normalized spacial score (nSPS) is 12.0. The Morgan fingerprint density at radius 2 is 2.14 bits per heavy atom. The van der Waals surface area contributed by atoms with Gasteiger partial charge in [-0.05, 0) is 31.5 Å². The quantitative estimate of drug-likeness (QED) is 0.776. The standard InChI is InChI=1S/C16H19N3O3/c1-10-15(11(2)20)4-3-13(19-10)8-18-16(22)6-12-5-14(21)9-17-7-12/h3-5,7,9,11,20-21H,6,8H2,1-2H3,(H,18,22). The fraction of sp³-hybridized carbons (Fsp3) is 0.312. The van der Waals surface area contributed by atoms with Crippen LogP contribution in [0.25, 0.3) is 0 Å². The van der Waals surface area contributed by atoms with Crippen LogP contribution in [-0.4, -0.2) is 26.1 Å². The molecule has 1 atom stereocenters. The largest absolute Gasteiger partial charge is 0.506 e. The molecule has 0 aliphatic heterocycles. The molecule has 0 aliphatic rings. The Balaban J connectivity index is 1.92. The molecule has 1 amide bonds. The molecule has 0 saturated heterocycles. The molecule has 0 aliphatic carbocycles. The van der Waals surface area contributed by atoms with Crippen LogP contribution in [0, 0.1) is 6.92 Å². The van der Waals surface area contributed by atoms with E-state index in [0.29, 0.717) is 12.1 Å². The number of aliphatic hydroxyl groups is 1. The molecule has 0 aromatic carbocycles. The number of nitrogens with one attached hydrogen (secondary N) is 1. The molecule has 0 fully saturated rings. The van der Waals surface area contributed by atoms with E-state index in [1.54, 1.807) is 19.2 Å². The van der Waals surface area contributed by atoms with Crippen LogP contribution < -0.4 is 5.32 Å². The van der Waals surface area contributed by atoms with Crippen molar-refractivity contribution in [1.29, 1.82) is 0 Å². The third kappa shape index (κ3) is 4.26. The minimum absolute atomic E-state index is 0.0382. The Labute approximate surface area is 128 Å². The molecule has 2 aromatic rings. The fourth-order valence-electron chi connectivity index (χ4n) is 2.17. The summed E-state index contributed by atoms with van der Waals surface area (Å²) in [5, 5.41) is 21.6. The predicted octanol–water partition coefficient (Wildman–Crippen LogP) is 1.40. The Morgan fingerprint density at radius 3 is 2.77 bits per heavy atom. The van der Waals surface area contributed by atoms with Gasteiger partial charge < -0.3 is 15.5 Å². The van der Waals surface area contributed by atoms with E-state index in [1.165, 1.54) is 12.3 Å². The van der Waals surface area contributed by atoms with Crippen LogP contribution >= 0.6 is 0 Å². The number of pyridine rings is 2. The number of amides is 1. The lowest BCUT2D eigenvalue weighted by molar-refractivity contribution is -0.120. The van der Waals surface area contributed by atoms with Gasteiger partial charge in [-0.25, -0.2) is 0 Å². The molecule has 0 radical (unpaired) electrons. The molecule has 0 saturated carbocycles. The third-order valence-corrected chi connectivity index (χ3v) is 3.25. The lowest BCUT2D eigenvalue weighted by atomic mass is 10.1. The van der Waals surface area contributed by atoms with Crippen LogP contribution in [0.1, 0.15) is 35.5 Å². The highest BCUT2D eigenvalue weighted by Gasteiger charge is 2.08. The average molecular weight is 301 g/mol. The van der Waals surface area contributed by atoms with Crippen LogP contribution in [0.15, 0.2) is 30.6 Å². The molecule has 6 nitrogen and oxygen atoms in total. The van der Waals surface area contributed by atoms with E-state index < -0.39 is 6.10 Å². The summed E-state index contributed by atoms with van der Waals surface area (Å²) >= 11 is 0. The highest BCUT2D eigenvalue weighted by atomic mass is 16.3. The first kappa shape index (κ1) is 15.9. The number of nitrogens with zero attached hydrogens (tertiary/aromatic N) is 2. The second-order valence-electron chi connectivity index (χ2n) is 5.16. The number of aliphatic hydroxyl groups excluding tert-OH is 1. The van der Waals surface area contributed by atoms with Crippen molar-refractivity contribution in [3.63, 3.8) is 0 Å². The molecule has 116 valence electrons. The average Bonchev–Trinajstić information content (AvgIpc) is 2.45. The van der Waals surface area contributed by atoms with Gasteiger partial charge >= 0.3 is 0 Å². The van der Waals surface area contributed by atoms with Gasteiger partial charge in [0.15, 0.2) is 0 Å². The van der Waals surface area contributed by atoms with Gasteiger partial charge in [0.05, 0.1) is 31.0 Å². The molecule has 2 rings (SSSR count). The summed E-state index contributed by atoms with van der Waals surface area (Å²) in [6, 6.07) is 5.10. The zero-order valence-corrected chi connectivity index (χ0v) is 12.6. The van der Waals surface area contributed by atoms with Crippen LogP contribution in [0.3, 0.4) is 0 Å². The van der Waals surface area contributed by atoms with Gasteiger partial charge in [-0.2, -0.15) is 0 Å². The van der Waals surface area contributed by atoms with Gasteiger partial charge in [-0.15, -0.1) is 0 Å². The molecule has 0 bridgehead atoms. The third-order valence-electron chi connectivity index (χ3n) is 3.25. The smallest absolute Gasteiger partial charge is 0.224 e. The Morgan fingerprint density at radius 1 is 1.36 bits per heavy atom. The highest BCUT2D eigenvalue weighted by Crippen LogP contribution is 2.15. The van der Waals surface area contributed by atoms with Gasteiger partial charge in [0.2, 0.25) is 5.91 Å². The maximum absolute atomic E-state index is 11.9. The van der Waals surface area contributed by atoms with E-state index >= 15 is 0 Å². The number of aromatic nitrogens is 2. The monoisotopic (exact) mass is 301 g/mol. The van der Waals surface area contributed by atoms with Gasteiger partial charge in [-0.3, -0.25) is 14.8 Å². The first-order valence-corrected chi connectivity index (χ1v) is 7.00. The van der Waals surface area contributed by atoms with Crippen molar-refractivity contribution >= 4 is 5.91 Å². The summed E-state index contributed by atoms with van der Waals surface area (Å²) in [5.41, 5.74) is 2.90. The molecule has 6 heteroatoms. The summed E-state index contributed by atoms with van der Waals surface area (Å²) in [7, 11) is 0.